The molecule has 6 rings (SSSR count). The van der Waals surface area contributed by atoms with Gasteiger partial charge in [0.1, 0.15) is 11.2 Å². The van der Waals surface area contributed by atoms with Crippen molar-refractivity contribution in [3.8, 4) is 5.75 Å². The molecule has 1 atom stereocenters. The van der Waals surface area contributed by atoms with E-state index in [1.54, 1.807) is 12.3 Å². The number of fused-ring (bicyclic) bond motifs is 1. The number of hydrogen-bond acceptors (Lipinski definition) is 9. The van der Waals surface area contributed by atoms with E-state index in [9.17, 15) is 13.0 Å². The Morgan fingerprint density at radius 3 is 1.87 bits per heavy atom. The zero-order valence-electron chi connectivity index (χ0n) is 37.9. The quantitative estimate of drug-likeness (QED) is 0.0682. The van der Waals surface area contributed by atoms with Gasteiger partial charge in [-0.05, 0) is 101 Å². The van der Waals surface area contributed by atoms with Gasteiger partial charge in [0.25, 0.3) is 0 Å². The van der Waals surface area contributed by atoms with Gasteiger partial charge < -0.3 is 19.1 Å². The van der Waals surface area contributed by atoms with Crippen LogP contribution in [-0.2, 0) is 21.0 Å². The fourth-order valence-electron chi connectivity index (χ4n) is 9.90. The van der Waals surface area contributed by atoms with Crippen molar-refractivity contribution in [1.82, 2.24) is 19.7 Å². The van der Waals surface area contributed by atoms with Crippen LogP contribution in [0.15, 0.2) is 57.3 Å². The monoisotopic (exact) mass is 882 g/mol. The van der Waals surface area contributed by atoms with E-state index in [0.717, 1.165) is 77.4 Å². The van der Waals surface area contributed by atoms with E-state index >= 15 is 4.39 Å². The lowest BCUT2D eigenvalue weighted by atomic mass is 9.96. The number of benzene rings is 2. The van der Waals surface area contributed by atoms with E-state index in [1.165, 1.54) is 102 Å². The van der Waals surface area contributed by atoms with Crippen molar-refractivity contribution in [2.24, 2.45) is 0 Å². The Morgan fingerprint density at radius 1 is 0.754 bits per heavy atom. The summed E-state index contributed by atoms with van der Waals surface area (Å²) in [4.78, 5) is 15.2. The normalized spacial score (nSPS) is 18.7. The van der Waals surface area contributed by atoms with Crippen LogP contribution in [0.1, 0.15) is 136 Å². The third-order valence-corrected chi connectivity index (χ3v) is 16.4. The lowest BCUT2D eigenvalue weighted by Crippen LogP contribution is -2.56. The van der Waals surface area contributed by atoms with E-state index in [1.807, 2.05) is 12.1 Å². The van der Waals surface area contributed by atoms with E-state index < -0.39 is 26.8 Å². The molecule has 3 aromatic rings. The van der Waals surface area contributed by atoms with Crippen LogP contribution in [0.2, 0.25) is 0 Å². The largest absolute Gasteiger partial charge is 0.612 e. The summed E-state index contributed by atoms with van der Waals surface area (Å²) in [6, 6.07) is 11.1. The van der Waals surface area contributed by atoms with Gasteiger partial charge in [-0.2, -0.15) is 0 Å². The number of piperidine rings is 2. The predicted octanol–water partition coefficient (Wildman–Crippen LogP) is 10.3. The summed E-state index contributed by atoms with van der Waals surface area (Å²) in [5.41, 5.74) is 1.20. The summed E-state index contributed by atoms with van der Waals surface area (Å²) in [6.07, 6.45) is 24.9. The lowest BCUT2D eigenvalue weighted by molar-refractivity contribution is 0.0359. The van der Waals surface area contributed by atoms with Gasteiger partial charge in [0, 0.05) is 75.0 Å². The highest BCUT2D eigenvalue weighted by Gasteiger charge is 2.34. The molecule has 340 valence electrons. The highest BCUT2D eigenvalue weighted by molar-refractivity contribution is 7.91. The summed E-state index contributed by atoms with van der Waals surface area (Å²) in [6.45, 7) is 15.4. The average molecular weight is 882 g/mol. The molecule has 12 heteroatoms. The zero-order chi connectivity index (χ0) is 43.2. The molecular formula is C49H76FN5O4S2. The SMILES string of the molecule is CCCCCCCCCCCCCCCCOc1ccc(S(=O)(=O)c2cnc3ccc([S+](C)[O-])cc3c2N2CCC(N3CCC(N4CCN(C(C)C)CC4)CC3)CC2)cc1F. The Hall–Kier alpha value is -2.48. The second-order valence-corrected chi connectivity index (χ2v) is 21.6. The van der Waals surface area contributed by atoms with Gasteiger partial charge in [-0.25, -0.2) is 12.8 Å². The maximum atomic E-state index is 15.6. The second kappa shape index (κ2) is 24.0. The number of piperazine rings is 1. The van der Waals surface area contributed by atoms with Crippen molar-refractivity contribution in [2.45, 2.75) is 169 Å². The zero-order valence-corrected chi connectivity index (χ0v) is 39.6. The number of ether oxygens (including phenoxy) is 1. The molecule has 1 aromatic heterocycles. The molecule has 61 heavy (non-hydrogen) atoms. The molecule has 0 saturated carbocycles. The van der Waals surface area contributed by atoms with Crippen LogP contribution in [0.25, 0.3) is 10.9 Å². The summed E-state index contributed by atoms with van der Waals surface area (Å²) in [7, 11) is -4.19. The van der Waals surface area contributed by atoms with E-state index in [0.29, 0.717) is 59.3 Å². The lowest BCUT2D eigenvalue weighted by Gasteiger charge is -2.46. The number of rotatable bonds is 23. The number of aromatic nitrogens is 1. The molecule has 3 fully saturated rings. The van der Waals surface area contributed by atoms with Crippen LogP contribution >= 0.6 is 0 Å². The molecule has 0 spiro atoms. The number of anilines is 1. The summed E-state index contributed by atoms with van der Waals surface area (Å²) in [5, 5.41) is 0.652. The fraction of sp³-hybridized carbons (Fsp3) is 0.694. The minimum absolute atomic E-state index is 0.0475. The van der Waals surface area contributed by atoms with Gasteiger partial charge in [-0.15, -0.1) is 0 Å². The van der Waals surface area contributed by atoms with Gasteiger partial charge >= 0.3 is 0 Å². The predicted molar refractivity (Wildman–Crippen MR) is 250 cm³/mol. The summed E-state index contributed by atoms with van der Waals surface area (Å²) < 4.78 is 63.0. The van der Waals surface area contributed by atoms with Crippen LogP contribution in [0.5, 0.6) is 5.75 Å². The Labute approximate surface area is 371 Å². The molecule has 4 heterocycles. The standard InChI is InChI=1S/C49H76FN5O4S2/c1-5-6-7-8-9-10-11-12-13-14-15-16-17-18-35-59-47-22-20-43(37-45(47)50)61(57,58)48-38-51-46-21-19-42(60(4)56)36-44(46)49(48)55-29-25-40(26-30-55)53-27-23-41(24-28-53)54-33-31-52(32-34-54)39(2)3/h19-22,36-41H,5-18,23-35H2,1-4H3. The van der Waals surface area contributed by atoms with Crippen LogP contribution < -0.4 is 9.64 Å². The van der Waals surface area contributed by atoms with Gasteiger partial charge in [0.05, 0.1) is 22.7 Å². The van der Waals surface area contributed by atoms with Crippen molar-refractivity contribution >= 4 is 37.6 Å². The highest BCUT2D eigenvalue weighted by atomic mass is 32.2. The maximum absolute atomic E-state index is 15.6. The molecule has 0 aliphatic carbocycles. The smallest absolute Gasteiger partial charge is 0.210 e. The third-order valence-electron chi connectivity index (χ3n) is 13.8. The molecule has 2 aromatic carbocycles. The first kappa shape index (κ1) is 48.0. The molecule has 9 nitrogen and oxygen atoms in total. The first-order valence-corrected chi connectivity index (χ1v) is 27.0. The van der Waals surface area contributed by atoms with Crippen LogP contribution in [-0.4, -0.2) is 116 Å². The molecule has 3 aliphatic heterocycles. The van der Waals surface area contributed by atoms with Crippen LogP contribution in [0.3, 0.4) is 0 Å². The molecule has 3 aliphatic rings. The Morgan fingerprint density at radius 2 is 1.31 bits per heavy atom. The molecule has 3 saturated heterocycles. The maximum Gasteiger partial charge on any atom is 0.210 e. The van der Waals surface area contributed by atoms with E-state index in [-0.39, 0.29) is 15.5 Å². The minimum Gasteiger partial charge on any atom is -0.612 e. The van der Waals surface area contributed by atoms with Crippen LogP contribution in [0.4, 0.5) is 10.1 Å². The minimum atomic E-state index is -4.19. The van der Waals surface area contributed by atoms with Gasteiger partial charge in [-0.3, -0.25) is 14.8 Å². The summed E-state index contributed by atoms with van der Waals surface area (Å²) >= 11 is -1.27. The van der Waals surface area contributed by atoms with Crippen molar-refractivity contribution in [3.63, 3.8) is 0 Å². The van der Waals surface area contributed by atoms with Gasteiger partial charge in [-0.1, -0.05) is 90.4 Å². The number of likely N-dealkylation sites (tertiary alicyclic amines) is 1. The molecule has 0 N–H and O–H groups in total. The van der Waals surface area contributed by atoms with Crippen molar-refractivity contribution in [1.29, 1.82) is 0 Å². The number of hydrogen-bond donors (Lipinski definition) is 0. The van der Waals surface area contributed by atoms with Crippen LogP contribution in [0, 0.1) is 5.82 Å². The second-order valence-electron chi connectivity index (χ2n) is 18.3. The number of halogens is 1. The average Bonchev–Trinajstić information content (AvgIpc) is 3.27. The Kier molecular flexibility index (Phi) is 18.9. The first-order chi connectivity index (χ1) is 29.6. The Bertz CT molecular complexity index is 1890. The van der Waals surface area contributed by atoms with Gasteiger partial charge in [0.2, 0.25) is 9.84 Å². The van der Waals surface area contributed by atoms with Crippen molar-refractivity contribution < 1.29 is 22.1 Å². The van der Waals surface area contributed by atoms with E-state index in [2.05, 4.69) is 45.4 Å². The van der Waals surface area contributed by atoms with Gasteiger partial charge in [0.15, 0.2) is 16.5 Å². The number of unbranched alkanes of at least 4 members (excludes halogenated alkanes) is 13. The topological polar surface area (TPSA) is 92.3 Å². The van der Waals surface area contributed by atoms with Crippen molar-refractivity contribution in [2.75, 3.05) is 70.1 Å². The summed E-state index contributed by atoms with van der Waals surface area (Å²) in [5.74, 6) is -0.617. The molecule has 0 amide bonds. The first-order valence-electron chi connectivity index (χ1n) is 24.0. The van der Waals surface area contributed by atoms with E-state index in [4.69, 9.17) is 4.74 Å². The number of nitrogens with zero attached hydrogens (tertiary/aromatic N) is 5. The number of sulfone groups is 1. The molecule has 0 radical (unpaired) electrons. The fourth-order valence-corrected chi connectivity index (χ4v) is 11.9. The number of pyridine rings is 1. The molecule has 1 unspecified atom stereocenters. The molecular weight excluding hydrogens is 806 g/mol. The van der Waals surface area contributed by atoms with Crippen molar-refractivity contribution in [3.05, 3.63) is 48.4 Å². The Balaban J connectivity index is 1.03. The third kappa shape index (κ3) is 13.3. The molecule has 0 bridgehead atoms. The highest BCUT2D eigenvalue weighted by Crippen LogP contribution is 2.39.